The predicted molar refractivity (Wildman–Crippen MR) is 96.1 cm³/mol. The van der Waals surface area contributed by atoms with Gasteiger partial charge in [0.25, 0.3) is 0 Å². The summed E-state index contributed by atoms with van der Waals surface area (Å²) in [5.41, 5.74) is 0.506. The number of carbonyl (C=O) groups is 1. The van der Waals surface area contributed by atoms with E-state index in [0.717, 1.165) is 0 Å². The molecular weight excluding hydrogens is 363 g/mol. The van der Waals surface area contributed by atoms with Gasteiger partial charge in [0.05, 0.1) is 10.0 Å². The summed E-state index contributed by atoms with van der Waals surface area (Å²) >= 11 is 11.8. The number of furan rings is 1. The van der Waals surface area contributed by atoms with Gasteiger partial charge in [0, 0.05) is 19.3 Å². The molecule has 25 heavy (non-hydrogen) atoms. The third-order valence-electron chi connectivity index (χ3n) is 3.43. The predicted octanol–water partition coefficient (Wildman–Crippen LogP) is 4.80. The molecule has 0 aliphatic carbocycles. The summed E-state index contributed by atoms with van der Waals surface area (Å²) < 4.78 is 12.7. The third kappa shape index (κ3) is 4.32. The molecule has 0 bridgehead atoms. The van der Waals surface area contributed by atoms with Gasteiger partial charge in [-0.1, -0.05) is 23.2 Å². The van der Waals surface area contributed by atoms with Crippen LogP contribution < -0.4 is 4.74 Å². The molecule has 0 amide bonds. The van der Waals surface area contributed by atoms with Crippen LogP contribution in [-0.2, 0) is 13.7 Å². The normalized spacial score (nSPS) is 11.2. The van der Waals surface area contributed by atoms with Crippen LogP contribution in [-0.4, -0.2) is 15.6 Å². The number of allylic oxidation sites excluding steroid dienone is 1. The van der Waals surface area contributed by atoms with E-state index in [2.05, 4.69) is 5.10 Å². The molecule has 3 aromatic rings. The first-order valence-electron chi connectivity index (χ1n) is 7.40. The standard InChI is InChI=1S/C18H14Cl2N2O3/c1-22-17(8-9-21-22)18(23)7-5-12-2-3-14(25-12)11-24-13-4-6-15(19)16(20)10-13/h2-10H,11H2,1H3/b7-5+. The van der Waals surface area contributed by atoms with E-state index < -0.39 is 0 Å². The average molecular weight is 377 g/mol. The summed E-state index contributed by atoms with van der Waals surface area (Å²) in [5.74, 6) is 1.63. The number of aryl methyl sites for hydroxylation is 1. The first-order valence-corrected chi connectivity index (χ1v) is 8.15. The van der Waals surface area contributed by atoms with Gasteiger partial charge in [-0.05, 0) is 42.5 Å². The Labute approximate surface area is 154 Å². The summed E-state index contributed by atoms with van der Waals surface area (Å²) in [6.07, 6.45) is 4.63. The molecule has 0 saturated carbocycles. The van der Waals surface area contributed by atoms with Gasteiger partial charge in [0.2, 0.25) is 5.78 Å². The van der Waals surface area contributed by atoms with Gasteiger partial charge in [-0.2, -0.15) is 5.10 Å². The van der Waals surface area contributed by atoms with Gasteiger partial charge in [0.15, 0.2) is 0 Å². The van der Waals surface area contributed by atoms with Crippen LogP contribution in [0.25, 0.3) is 6.08 Å². The Morgan fingerprint density at radius 3 is 2.80 bits per heavy atom. The molecule has 128 valence electrons. The smallest absolute Gasteiger partial charge is 0.203 e. The zero-order chi connectivity index (χ0) is 17.8. The molecule has 0 aliphatic rings. The quantitative estimate of drug-likeness (QED) is 0.458. The number of hydrogen-bond acceptors (Lipinski definition) is 4. The molecule has 0 unspecified atom stereocenters. The molecule has 2 aromatic heterocycles. The number of ether oxygens (including phenoxy) is 1. The van der Waals surface area contributed by atoms with Crippen molar-refractivity contribution in [1.82, 2.24) is 9.78 Å². The number of nitrogens with zero attached hydrogens (tertiary/aromatic N) is 2. The van der Waals surface area contributed by atoms with Crippen LogP contribution in [0.5, 0.6) is 5.75 Å². The fourth-order valence-corrected chi connectivity index (χ4v) is 2.43. The molecule has 2 heterocycles. The van der Waals surface area contributed by atoms with Gasteiger partial charge in [-0.15, -0.1) is 0 Å². The minimum absolute atomic E-state index is 0.148. The Morgan fingerprint density at radius 1 is 1.24 bits per heavy atom. The molecule has 5 nitrogen and oxygen atoms in total. The van der Waals surface area contributed by atoms with E-state index in [1.807, 2.05) is 0 Å². The Bertz CT molecular complexity index is 928. The van der Waals surface area contributed by atoms with Gasteiger partial charge < -0.3 is 9.15 Å². The van der Waals surface area contributed by atoms with Crippen molar-refractivity contribution in [2.45, 2.75) is 6.61 Å². The van der Waals surface area contributed by atoms with Crippen molar-refractivity contribution in [3.05, 3.63) is 75.9 Å². The third-order valence-corrected chi connectivity index (χ3v) is 4.17. The van der Waals surface area contributed by atoms with E-state index >= 15 is 0 Å². The summed E-state index contributed by atoms with van der Waals surface area (Å²) in [6.45, 7) is 0.238. The summed E-state index contributed by atoms with van der Waals surface area (Å²) in [7, 11) is 1.71. The van der Waals surface area contributed by atoms with Crippen molar-refractivity contribution in [2.24, 2.45) is 7.05 Å². The first-order chi connectivity index (χ1) is 12.0. The Morgan fingerprint density at radius 2 is 2.08 bits per heavy atom. The molecule has 0 fully saturated rings. The first kappa shape index (κ1) is 17.3. The lowest BCUT2D eigenvalue weighted by Gasteiger charge is -2.05. The SMILES string of the molecule is Cn1nccc1C(=O)/C=C/c1ccc(COc2ccc(Cl)c(Cl)c2)o1. The molecule has 0 radical (unpaired) electrons. The summed E-state index contributed by atoms with van der Waals surface area (Å²) in [6, 6.07) is 10.2. The van der Waals surface area contributed by atoms with E-state index in [9.17, 15) is 4.79 Å². The highest BCUT2D eigenvalue weighted by molar-refractivity contribution is 6.42. The van der Waals surface area contributed by atoms with Crippen molar-refractivity contribution < 1.29 is 13.9 Å². The molecule has 0 spiro atoms. The second-order valence-electron chi connectivity index (χ2n) is 5.21. The van der Waals surface area contributed by atoms with Crippen molar-refractivity contribution in [3.8, 4) is 5.75 Å². The maximum Gasteiger partial charge on any atom is 0.203 e. The molecule has 0 saturated heterocycles. The van der Waals surface area contributed by atoms with Crippen molar-refractivity contribution in [2.75, 3.05) is 0 Å². The Hall–Kier alpha value is -2.50. The summed E-state index contributed by atoms with van der Waals surface area (Å²) in [4.78, 5) is 12.0. The van der Waals surface area contributed by atoms with Crippen LogP contribution >= 0.6 is 23.2 Å². The van der Waals surface area contributed by atoms with E-state index in [4.69, 9.17) is 32.4 Å². The second-order valence-corrected chi connectivity index (χ2v) is 6.02. The van der Waals surface area contributed by atoms with E-state index in [1.54, 1.807) is 55.7 Å². The van der Waals surface area contributed by atoms with Crippen LogP contribution in [0.4, 0.5) is 0 Å². The lowest BCUT2D eigenvalue weighted by molar-refractivity contribution is 0.103. The van der Waals surface area contributed by atoms with Gasteiger partial charge in [-0.25, -0.2) is 0 Å². The topological polar surface area (TPSA) is 57.3 Å². The second kappa shape index (κ2) is 7.59. The van der Waals surface area contributed by atoms with Gasteiger partial charge in [0.1, 0.15) is 29.6 Å². The zero-order valence-electron chi connectivity index (χ0n) is 13.3. The fourth-order valence-electron chi connectivity index (χ4n) is 2.14. The van der Waals surface area contributed by atoms with Crippen LogP contribution in [0.1, 0.15) is 22.0 Å². The van der Waals surface area contributed by atoms with Crippen LogP contribution in [0, 0.1) is 0 Å². The maximum absolute atomic E-state index is 12.0. The number of benzene rings is 1. The highest BCUT2D eigenvalue weighted by Crippen LogP contribution is 2.27. The van der Waals surface area contributed by atoms with Crippen molar-refractivity contribution >= 4 is 35.1 Å². The molecule has 0 aliphatic heterocycles. The lowest BCUT2D eigenvalue weighted by atomic mass is 10.2. The largest absolute Gasteiger partial charge is 0.486 e. The van der Waals surface area contributed by atoms with Crippen molar-refractivity contribution in [3.63, 3.8) is 0 Å². The lowest BCUT2D eigenvalue weighted by Crippen LogP contribution is -2.03. The van der Waals surface area contributed by atoms with E-state index in [0.29, 0.717) is 33.0 Å². The van der Waals surface area contributed by atoms with Crippen LogP contribution in [0.2, 0.25) is 10.0 Å². The number of halogens is 2. The minimum atomic E-state index is -0.148. The number of ketones is 1. The summed E-state index contributed by atoms with van der Waals surface area (Å²) in [5, 5.41) is 4.86. The molecular formula is C18H14Cl2N2O3. The van der Waals surface area contributed by atoms with Crippen molar-refractivity contribution in [1.29, 1.82) is 0 Å². The monoisotopic (exact) mass is 376 g/mol. The van der Waals surface area contributed by atoms with E-state index in [1.165, 1.54) is 10.8 Å². The molecule has 3 rings (SSSR count). The number of hydrogen-bond donors (Lipinski definition) is 0. The Balaban J connectivity index is 1.60. The van der Waals surface area contributed by atoms with Crippen LogP contribution in [0.3, 0.4) is 0 Å². The number of aromatic nitrogens is 2. The highest BCUT2D eigenvalue weighted by Gasteiger charge is 2.07. The zero-order valence-corrected chi connectivity index (χ0v) is 14.8. The number of carbonyl (C=O) groups excluding carboxylic acids is 1. The maximum atomic E-state index is 12.0. The number of rotatable bonds is 6. The van der Waals surface area contributed by atoms with E-state index in [-0.39, 0.29) is 12.4 Å². The van der Waals surface area contributed by atoms with Gasteiger partial charge >= 0.3 is 0 Å². The van der Waals surface area contributed by atoms with Crippen LogP contribution in [0.15, 0.2) is 53.1 Å². The fraction of sp³-hybridized carbons (Fsp3) is 0.111. The Kier molecular flexibility index (Phi) is 5.26. The minimum Gasteiger partial charge on any atom is -0.486 e. The molecule has 1 aromatic carbocycles. The molecule has 0 atom stereocenters. The molecule has 0 N–H and O–H groups in total. The van der Waals surface area contributed by atoms with Gasteiger partial charge in [-0.3, -0.25) is 9.48 Å². The highest BCUT2D eigenvalue weighted by atomic mass is 35.5. The average Bonchev–Trinajstić information content (AvgIpc) is 3.22. The molecule has 7 heteroatoms.